The molecule has 2 aliphatic rings. The van der Waals surface area contributed by atoms with Crippen LogP contribution in [0.3, 0.4) is 0 Å². The van der Waals surface area contributed by atoms with Gasteiger partial charge in [-0.2, -0.15) is 13.2 Å². The fraction of sp³-hybridized carbons (Fsp3) is 0.375. The fourth-order valence-electron chi connectivity index (χ4n) is 6.18. The first-order valence-corrected chi connectivity index (χ1v) is 14.1. The molecule has 0 aromatic heterocycles. The number of piperazine rings is 1. The molecule has 2 amide bonds. The van der Waals surface area contributed by atoms with E-state index in [0.717, 1.165) is 29.3 Å². The van der Waals surface area contributed by atoms with Gasteiger partial charge in [0.05, 0.1) is 6.42 Å². The number of nitrogens with zero attached hydrogens (tertiary/aromatic N) is 2. The number of carbonyl (C=O) groups excluding carboxylic acids is 2. The zero-order chi connectivity index (χ0) is 29.9. The molecule has 1 saturated heterocycles. The van der Waals surface area contributed by atoms with Gasteiger partial charge in [-0.1, -0.05) is 55.0 Å². The van der Waals surface area contributed by atoms with Crippen LogP contribution in [0, 0.1) is 11.6 Å². The second-order valence-corrected chi connectivity index (χ2v) is 10.9. The van der Waals surface area contributed by atoms with Crippen molar-refractivity contribution in [1.29, 1.82) is 0 Å². The van der Waals surface area contributed by atoms with Crippen molar-refractivity contribution in [1.82, 2.24) is 15.1 Å². The van der Waals surface area contributed by atoms with Gasteiger partial charge in [-0.25, -0.2) is 8.78 Å². The second-order valence-electron chi connectivity index (χ2n) is 10.9. The Bertz CT molecular complexity index is 1400. The topological polar surface area (TPSA) is 52.7 Å². The lowest BCUT2D eigenvalue weighted by Gasteiger charge is -2.35. The summed E-state index contributed by atoms with van der Waals surface area (Å²) in [5.41, 5.74) is 1.95. The molecule has 1 aliphatic heterocycles. The van der Waals surface area contributed by atoms with E-state index in [0.29, 0.717) is 63.1 Å². The highest BCUT2D eigenvalue weighted by molar-refractivity contribution is 6.00. The minimum Gasteiger partial charge on any atom is -0.346 e. The quantitative estimate of drug-likeness (QED) is 0.268. The molecule has 1 aliphatic carbocycles. The van der Waals surface area contributed by atoms with Gasteiger partial charge in [-0.05, 0) is 59.8 Å². The molecule has 5 rings (SSSR count). The minimum absolute atomic E-state index is 0.0330. The summed E-state index contributed by atoms with van der Waals surface area (Å²) in [4.78, 5) is 30.1. The van der Waals surface area contributed by atoms with E-state index >= 15 is 0 Å². The number of hydrogen-bond donors (Lipinski definition) is 1. The molecule has 1 heterocycles. The first-order chi connectivity index (χ1) is 20.1. The Balaban J connectivity index is 1.21. The second kappa shape index (κ2) is 12.2. The lowest BCUT2D eigenvalue weighted by molar-refractivity contribution is -0.141. The number of benzene rings is 3. The van der Waals surface area contributed by atoms with E-state index in [9.17, 15) is 31.5 Å². The van der Waals surface area contributed by atoms with Gasteiger partial charge in [0.15, 0.2) is 0 Å². The number of halogens is 5. The summed E-state index contributed by atoms with van der Waals surface area (Å²) in [5.74, 6) is -2.11. The van der Waals surface area contributed by atoms with E-state index in [1.54, 1.807) is 17.0 Å². The molecule has 3 aromatic carbocycles. The molecular formula is C32H32F5N3O2. The Morgan fingerprint density at radius 3 is 2.07 bits per heavy atom. The minimum atomic E-state index is -4.52. The molecule has 1 fully saturated rings. The standard InChI is InChI=1S/C32H32F5N3O2/c33-23-11-12-28(34)22(19-23)20-29(41)40-17-15-39(16-18-40)14-6-5-13-31(30(42)38-21-32(35,36)37)26-9-3-1-7-24(26)25-8-2-4-10-27(25)31/h1-4,7-12,19H,5-6,13-18,20-21H2,(H,38,42). The molecule has 10 heteroatoms. The summed E-state index contributed by atoms with van der Waals surface area (Å²) in [6.07, 6.45) is -3.07. The maximum absolute atomic E-state index is 14.0. The highest BCUT2D eigenvalue weighted by Gasteiger charge is 2.49. The predicted octanol–water partition coefficient (Wildman–Crippen LogP) is 5.47. The number of rotatable bonds is 9. The summed E-state index contributed by atoms with van der Waals surface area (Å²) in [5, 5.41) is 2.16. The van der Waals surface area contributed by atoms with Crippen LogP contribution in [0.5, 0.6) is 0 Å². The molecule has 0 atom stereocenters. The van der Waals surface area contributed by atoms with Crippen molar-refractivity contribution in [3.05, 3.63) is 95.1 Å². The van der Waals surface area contributed by atoms with Crippen LogP contribution in [0.25, 0.3) is 11.1 Å². The van der Waals surface area contributed by atoms with Crippen LogP contribution in [0.4, 0.5) is 22.0 Å². The lowest BCUT2D eigenvalue weighted by Crippen LogP contribution is -2.49. The predicted molar refractivity (Wildman–Crippen MR) is 149 cm³/mol. The zero-order valence-corrected chi connectivity index (χ0v) is 23.0. The number of nitrogens with one attached hydrogen (secondary N) is 1. The largest absolute Gasteiger partial charge is 0.405 e. The van der Waals surface area contributed by atoms with E-state index < -0.39 is 35.7 Å². The maximum Gasteiger partial charge on any atom is 0.405 e. The van der Waals surface area contributed by atoms with Gasteiger partial charge in [0, 0.05) is 31.7 Å². The zero-order valence-electron chi connectivity index (χ0n) is 23.0. The number of unbranched alkanes of at least 4 members (excludes halogenated alkanes) is 1. The van der Waals surface area contributed by atoms with Gasteiger partial charge < -0.3 is 10.2 Å². The number of fused-ring (bicyclic) bond motifs is 3. The van der Waals surface area contributed by atoms with Crippen LogP contribution in [0.1, 0.15) is 36.0 Å². The third kappa shape index (κ3) is 6.18. The smallest absolute Gasteiger partial charge is 0.346 e. The summed E-state index contributed by atoms with van der Waals surface area (Å²) in [7, 11) is 0. The molecule has 5 nitrogen and oxygen atoms in total. The third-order valence-electron chi connectivity index (χ3n) is 8.25. The molecule has 3 aromatic rings. The van der Waals surface area contributed by atoms with E-state index in [4.69, 9.17) is 0 Å². The number of amides is 2. The molecule has 0 bridgehead atoms. The van der Waals surface area contributed by atoms with Gasteiger partial charge in [0.1, 0.15) is 23.6 Å². The number of carbonyl (C=O) groups is 2. The average Bonchev–Trinajstić information content (AvgIpc) is 3.26. The number of hydrogen-bond acceptors (Lipinski definition) is 3. The molecule has 1 N–H and O–H groups in total. The Morgan fingerprint density at radius 1 is 0.833 bits per heavy atom. The Labute approximate surface area is 241 Å². The first kappa shape index (κ1) is 29.7. The molecule has 42 heavy (non-hydrogen) atoms. The van der Waals surface area contributed by atoms with Crippen LogP contribution in [-0.2, 0) is 21.4 Å². The van der Waals surface area contributed by atoms with Crippen LogP contribution in [-0.4, -0.2) is 67.1 Å². The summed E-state index contributed by atoms with van der Waals surface area (Å²) in [6, 6.07) is 17.9. The van der Waals surface area contributed by atoms with Gasteiger partial charge in [0.2, 0.25) is 11.8 Å². The van der Waals surface area contributed by atoms with E-state index in [2.05, 4.69) is 10.2 Å². The van der Waals surface area contributed by atoms with Gasteiger partial charge in [-0.15, -0.1) is 0 Å². The Morgan fingerprint density at radius 2 is 1.45 bits per heavy atom. The number of alkyl halides is 3. The Kier molecular flexibility index (Phi) is 8.63. The average molecular weight is 586 g/mol. The van der Waals surface area contributed by atoms with Crippen LogP contribution in [0.2, 0.25) is 0 Å². The molecular weight excluding hydrogens is 553 g/mol. The summed E-state index contributed by atoms with van der Waals surface area (Å²) >= 11 is 0. The van der Waals surface area contributed by atoms with E-state index in [1.807, 2.05) is 36.4 Å². The molecule has 0 spiro atoms. The van der Waals surface area contributed by atoms with Gasteiger partial charge in [0.25, 0.3) is 0 Å². The summed E-state index contributed by atoms with van der Waals surface area (Å²) in [6.45, 7) is 1.44. The van der Waals surface area contributed by atoms with Crippen molar-refractivity contribution in [2.45, 2.75) is 37.3 Å². The van der Waals surface area contributed by atoms with Crippen molar-refractivity contribution < 1.29 is 31.5 Å². The van der Waals surface area contributed by atoms with Gasteiger partial charge in [-0.3, -0.25) is 14.5 Å². The van der Waals surface area contributed by atoms with Crippen LogP contribution in [0.15, 0.2) is 66.7 Å². The monoisotopic (exact) mass is 585 g/mol. The first-order valence-electron chi connectivity index (χ1n) is 14.1. The highest BCUT2D eigenvalue weighted by atomic mass is 19.4. The maximum atomic E-state index is 14.0. The van der Waals surface area contributed by atoms with Crippen molar-refractivity contribution in [3.8, 4) is 11.1 Å². The van der Waals surface area contributed by atoms with Crippen molar-refractivity contribution in [3.63, 3.8) is 0 Å². The molecule has 0 unspecified atom stereocenters. The van der Waals surface area contributed by atoms with Crippen LogP contribution >= 0.6 is 0 Å². The molecule has 222 valence electrons. The lowest BCUT2D eigenvalue weighted by atomic mass is 9.73. The van der Waals surface area contributed by atoms with Crippen molar-refractivity contribution >= 4 is 11.8 Å². The summed E-state index contributed by atoms with van der Waals surface area (Å²) < 4.78 is 66.7. The normalized spacial score (nSPS) is 16.2. The van der Waals surface area contributed by atoms with Crippen molar-refractivity contribution in [2.75, 3.05) is 39.3 Å². The highest BCUT2D eigenvalue weighted by Crippen LogP contribution is 2.51. The third-order valence-corrected chi connectivity index (χ3v) is 8.25. The SMILES string of the molecule is O=C(Cc1cc(F)ccc1F)N1CCN(CCCCC2(C(=O)NCC(F)(F)F)c3ccccc3-c3ccccc32)CC1. The van der Waals surface area contributed by atoms with Crippen LogP contribution < -0.4 is 5.32 Å². The van der Waals surface area contributed by atoms with E-state index in [-0.39, 0.29) is 17.9 Å². The fourth-order valence-corrected chi connectivity index (χ4v) is 6.18. The molecule has 0 saturated carbocycles. The Hall–Kier alpha value is -3.79. The van der Waals surface area contributed by atoms with E-state index in [1.165, 1.54) is 0 Å². The van der Waals surface area contributed by atoms with Gasteiger partial charge >= 0.3 is 6.18 Å². The molecule has 0 radical (unpaired) electrons. The van der Waals surface area contributed by atoms with Crippen molar-refractivity contribution in [2.24, 2.45) is 0 Å².